The monoisotopic (exact) mass is 592 g/mol. The Morgan fingerprint density at radius 1 is 0.833 bits per heavy atom. The maximum absolute atomic E-state index is 12.7. The molecule has 0 aliphatic heterocycles. The van der Waals surface area contributed by atoms with Gasteiger partial charge in [0.15, 0.2) is 0 Å². The van der Waals surface area contributed by atoms with Crippen LogP contribution in [0.4, 0.5) is 11.4 Å². The van der Waals surface area contributed by atoms with Crippen molar-refractivity contribution in [2.45, 2.75) is 16.7 Å². The summed E-state index contributed by atoms with van der Waals surface area (Å²) in [6.45, 7) is 1.71. The van der Waals surface area contributed by atoms with Gasteiger partial charge < -0.3 is 0 Å². The quantitative estimate of drug-likeness (QED) is 0.379. The second kappa shape index (κ2) is 8.88. The van der Waals surface area contributed by atoms with Gasteiger partial charge in [-0.05, 0) is 83.0 Å². The third kappa shape index (κ3) is 5.17. The van der Waals surface area contributed by atoms with Crippen molar-refractivity contribution in [3.63, 3.8) is 0 Å². The number of benzene rings is 3. The van der Waals surface area contributed by atoms with E-state index < -0.39 is 20.0 Å². The lowest BCUT2D eigenvalue weighted by Gasteiger charge is -2.13. The molecule has 158 valence electrons. The van der Waals surface area contributed by atoms with E-state index in [1.54, 1.807) is 37.3 Å². The molecule has 0 fully saturated rings. The summed E-state index contributed by atoms with van der Waals surface area (Å²) in [6, 6.07) is 15.1. The first kappa shape index (κ1) is 23.1. The SMILES string of the molecule is Cc1c(Cl)cccc1NS(=O)(=O)c1ccc(NS(=O)(=O)c2cc(Br)ccc2Br)cc1. The maximum Gasteiger partial charge on any atom is 0.263 e. The van der Waals surface area contributed by atoms with Crippen LogP contribution in [-0.2, 0) is 20.0 Å². The van der Waals surface area contributed by atoms with Crippen LogP contribution in [0, 0.1) is 6.92 Å². The van der Waals surface area contributed by atoms with E-state index in [0.29, 0.717) is 25.2 Å². The Kier molecular flexibility index (Phi) is 6.83. The summed E-state index contributed by atoms with van der Waals surface area (Å²) in [5.41, 5.74) is 1.19. The highest BCUT2D eigenvalue weighted by atomic mass is 79.9. The predicted molar refractivity (Wildman–Crippen MR) is 126 cm³/mol. The molecule has 0 spiro atoms. The van der Waals surface area contributed by atoms with Crippen LogP contribution in [0.2, 0.25) is 5.02 Å². The van der Waals surface area contributed by atoms with Gasteiger partial charge in [-0.25, -0.2) is 16.8 Å². The summed E-state index contributed by atoms with van der Waals surface area (Å²) >= 11 is 12.5. The van der Waals surface area contributed by atoms with E-state index in [4.69, 9.17) is 11.6 Å². The zero-order valence-electron chi connectivity index (χ0n) is 15.4. The van der Waals surface area contributed by atoms with Crippen LogP contribution in [0.25, 0.3) is 0 Å². The second-order valence-corrected chi connectivity index (χ2v) is 11.7. The smallest absolute Gasteiger partial charge is 0.263 e. The van der Waals surface area contributed by atoms with E-state index in [0.717, 1.165) is 0 Å². The molecule has 6 nitrogen and oxygen atoms in total. The molecule has 11 heteroatoms. The van der Waals surface area contributed by atoms with Gasteiger partial charge in [-0.2, -0.15) is 0 Å². The van der Waals surface area contributed by atoms with E-state index in [2.05, 4.69) is 41.3 Å². The van der Waals surface area contributed by atoms with Gasteiger partial charge in [0, 0.05) is 19.7 Å². The summed E-state index contributed by atoms with van der Waals surface area (Å²) in [5.74, 6) is 0. The van der Waals surface area contributed by atoms with Crippen LogP contribution in [-0.4, -0.2) is 16.8 Å². The molecule has 0 bridgehead atoms. The predicted octanol–water partition coefficient (Wildman–Crippen LogP) is 5.78. The summed E-state index contributed by atoms with van der Waals surface area (Å²) in [4.78, 5) is 0.0279. The average molecular weight is 595 g/mol. The van der Waals surface area contributed by atoms with Crippen molar-refractivity contribution in [1.29, 1.82) is 0 Å². The van der Waals surface area contributed by atoms with Crippen LogP contribution in [0.15, 0.2) is 79.4 Å². The number of nitrogens with one attached hydrogen (secondary N) is 2. The maximum atomic E-state index is 12.7. The van der Waals surface area contributed by atoms with Gasteiger partial charge in [-0.3, -0.25) is 9.44 Å². The molecule has 30 heavy (non-hydrogen) atoms. The molecule has 3 aromatic carbocycles. The molecular weight excluding hydrogens is 580 g/mol. The first-order chi connectivity index (χ1) is 14.0. The fraction of sp³-hybridized carbons (Fsp3) is 0.0526. The van der Waals surface area contributed by atoms with Crippen molar-refractivity contribution in [3.05, 3.63) is 80.2 Å². The zero-order chi connectivity index (χ0) is 22.1. The van der Waals surface area contributed by atoms with Gasteiger partial charge in [0.25, 0.3) is 20.0 Å². The minimum absolute atomic E-state index is 0.0199. The fourth-order valence-corrected chi connectivity index (χ4v) is 6.38. The summed E-state index contributed by atoms with van der Waals surface area (Å²) in [5, 5.41) is 0.443. The first-order valence-electron chi connectivity index (χ1n) is 8.35. The topological polar surface area (TPSA) is 92.3 Å². The third-order valence-electron chi connectivity index (χ3n) is 4.11. The van der Waals surface area contributed by atoms with Crippen molar-refractivity contribution in [3.8, 4) is 0 Å². The van der Waals surface area contributed by atoms with E-state index in [1.165, 1.54) is 30.3 Å². The number of hydrogen-bond acceptors (Lipinski definition) is 4. The number of sulfonamides is 2. The summed E-state index contributed by atoms with van der Waals surface area (Å²) in [7, 11) is -7.76. The fourth-order valence-electron chi connectivity index (χ4n) is 2.52. The van der Waals surface area contributed by atoms with Crippen LogP contribution in [0.3, 0.4) is 0 Å². The molecule has 3 aromatic rings. The standard InChI is InChI=1S/C19H15Br2ClN2O4S2/c1-12-17(22)3-2-4-18(12)24-29(25,26)15-8-6-14(7-9-15)23-30(27,28)19-11-13(20)5-10-16(19)21/h2-11,23-24H,1H3. The van der Waals surface area contributed by atoms with Gasteiger partial charge in [-0.15, -0.1) is 0 Å². The van der Waals surface area contributed by atoms with Crippen molar-refractivity contribution in [2.24, 2.45) is 0 Å². The molecule has 0 unspecified atom stereocenters. The Morgan fingerprint density at radius 2 is 1.50 bits per heavy atom. The number of anilines is 2. The van der Waals surface area contributed by atoms with Crippen LogP contribution < -0.4 is 9.44 Å². The molecule has 3 rings (SSSR count). The van der Waals surface area contributed by atoms with Crippen molar-refractivity contribution < 1.29 is 16.8 Å². The summed E-state index contributed by atoms with van der Waals surface area (Å²) < 4.78 is 56.6. The highest BCUT2D eigenvalue weighted by molar-refractivity contribution is 9.11. The van der Waals surface area contributed by atoms with E-state index >= 15 is 0 Å². The molecule has 0 heterocycles. The lowest BCUT2D eigenvalue weighted by molar-refractivity contribution is 0.599. The van der Waals surface area contributed by atoms with Crippen LogP contribution in [0.1, 0.15) is 5.56 Å². The molecule has 0 radical (unpaired) electrons. The Hall–Kier alpha value is -1.59. The largest absolute Gasteiger partial charge is 0.280 e. The molecule has 2 N–H and O–H groups in total. The van der Waals surface area contributed by atoms with Gasteiger partial charge in [0.05, 0.1) is 10.6 Å². The number of hydrogen-bond donors (Lipinski definition) is 2. The van der Waals surface area contributed by atoms with Gasteiger partial charge in [-0.1, -0.05) is 33.6 Å². The summed E-state index contributed by atoms with van der Waals surface area (Å²) in [6.07, 6.45) is 0. The Morgan fingerprint density at radius 3 is 2.17 bits per heavy atom. The van der Waals surface area contributed by atoms with Crippen LogP contribution in [0.5, 0.6) is 0 Å². The normalized spacial score (nSPS) is 11.9. The van der Waals surface area contributed by atoms with Gasteiger partial charge >= 0.3 is 0 Å². The molecular formula is C19H15Br2ClN2O4S2. The molecule has 0 aliphatic carbocycles. The number of rotatable bonds is 6. The van der Waals surface area contributed by atoms with E-state index in [9.17, 15) is 16.8 Å². The minimum atomic E-state index is -3.88. The van der Waals surface area contributed by atoms with Crippen LogP contribution >= 0.6 is 43.5 Å². The molecule has 0 amide bonds. The zero-order valence-corrected chi connectivity index (χ0v) is 20.9. The average Bonchev–Trinajstić information content (AvgIpc) is 2.67. The first-order valence-corrected chi connectivity index (χ1v) is 13.3. The molecule has 0 saturated carbocycles. The molecule has 0 atom stereocenters. The Bertz CT molecular complexity index is 1310. The minimum Gasteiger partial charge on any atom is -0.280 e. The van der Waals surface area contributed by atoms with Crippen molar-refractivity contribution in [2.75, 3.05) is 9.44 Å². The molecule has 0 aliphatic rings. The number of halogens is 3. The van der Waals surface area contributed by atoms with Crippen molar-refractivity contribution in [1.82, 2.24) is 0 Å². The highest BCUT2D eigenvalue weighted by Crippen LogP contribution is 2.29. The van der Waals surface area contributed by atoms with Crippen molar-refractivity contribution >= 4 is 74.9 Å². The van der Waals surface area contributed by atoms with E-state index in [1.807, 2.05) is 0 Å². The van der Waals surface area contributed by atoms with Gasteiger partial charge in [0.2, 0.25) is 0 Å². The van der Waals surface area contributed by atoms with E-state index in [-0.39, 0.29) is 15.5 Å². The molecule has 0 aromatic heterocycles. The Labute approximate surface area is 197 Å². The molecule has 0 saturated heterocycles. The highest BCUT2D eigenvalue weighted by Gasteiger charge is 2.20. The van der Waals surface area contributed by atoms with Gasteiger partial charge in [0.1, 0.15) is 4.90 Å². The second-order valence-electron chi connectivity index (χ2n) is 6.22. The lowest BCUT2D eigenvalue weighted by Crippen LogP contribution is -2.15. The Balaban J connectivity index is 1.84. The lowest BCUT2D eigenvalue weighted by atomic mass is 10.2. The third-order valence-corrected chi connectivity index (χ3v) is 8.77.